The van der Waals surface area contributed by atoms with Gasteiger partial charge in [0, 0.05) is 19.2 Å². The second-order valence-corrected chi connectivity index (χ2v) is 7.10. The van der Waals surface area contributed by atoms with Gasteiger partial charge in [0.15, 0.2) is 0 Å². The van der Waals surface area contributed by atoms with Crippen LogP contribution < -0.4 is 10.0 Å². The number of benzene rings is 1. The summed E-state index contributed by atoms with van der Waals surface area (Å²) in [5.74, 6) is 0. The maximum Gasteiger partial charge on any atom is 0.241 e. The Hall–Kier alpha value is -0.950. The molecule has 0 bridgehead atoms. The Kier molecular flexibility index (Phi) is 5.75. The molecule has 1 unspecified atom stereocenters. The molecule has 0 aromatic heterocycles. The summed E-state index contributed by atoms with van der Waals surface area (Å²) in [5, 5.41) is 3.21. The molecule has 1 atom stereocenters. The van der Waals surface area contributed by atoms with Crippen LogP contribution in [0.3, 0.4) is 0 Å². The first kappa shape index (κ1) is 16.4. The SMILES string of the molecule is CCNCc1ccc(C)c(S(=O)(=O)NC2CCCOC2)c1. The molecule has 1 heterocycles. The van der Waals surface area contributed by atoms with Crippen LogP contribution in [0.5, 0.6) is 0 Å². The maximum atomic E-state index is 12.6. The lowest BCUT2D eigenvalue weighted by atomic mass is 10.1. The van der Waals surface area contributed by atoms with E-state index in [-0.39, 0.29) is 6.04 Å². The van der Waals surface area contributed by atoms with Crippen molar-refractivity contribution >= 4 is 10.0 Å². The third kappa shape index (κ3) is 4.51. The van der Waals surface area contributed by atoms with Gasteiger partial charge in [0.2, 0.25) is 10.0 Å². The number of sulfonamides is 1. The topological polar surface area (TPSA) is 67.4 Å². The molecule has 118 valence electrons. The van der Waals surface area contributed by atoms with Gasteiger partial charge in [0.1, 0.15) is 0 Å². The molecular formula is C15H24N2O3S. The summed E-state index contributed by atoms with van der Waals surface area (Å²) in [6.45, 7) is 6.55. The Morgan fingerprint density at radius 1 is 1.38 bits per heavy atom. The second-order valence-electron chi connectivity index (χ2n) is 5.42. The summed E-state index contributed by atoms with van der Waals surface area (Å²) in [6.07, 6.45) is 1.72. The fourth-order valence-electron chi connectivity index (χ4n) is 2.43. The van der Waals surface area contributed by atoms with Gasteiger partial charge >= 0.3 is 0 Å². The van der Waals surface area contributed by atoms with Crippen molar-refractivity contribution in [2.75, 3.05) is 19.8 Å². The average molecular weight is 312 g/mol. The maximum absolute atomic E-state index is 12.6. The van der Waals surface area contributed by atoms with E-state index in [0.717, 1.165) is 37.1 Å². The Labute approximate surface area is 127 Å². The van der Waals surface area contributed by atoms with Crippen molar-refractivity contribution in [2.24, 2.45) is 0 Å². The minimum atomic E-state index is -3.50. The van der Waals surface area contributed by atoms with Crippen LogP contribution in [0, 0.1) is 6.92 Å². The van der Waals surface area contributed by atoms with Gasteiger partial charge in [0.25, 0.3) is 0 Å². The molecule has 1 aromatic rings. The van der Waals surface area contributed by atoms with Crippen LogP contribution in [0.4, 0.5) is 0 Å². The van der Waals surface area contributed by atoms with Crippen LogP contribution >= 0.6 is 0 Å². The molecule has 1 aromatic carbocycles. The number of aryl methyl sites for hydroxylation is 1. The van der Waals surface area contributed by atoms with E-state index in [1.54, 1.807) is 6.07 Å². The average Bonchev–Trinajstić information content (AvgIpc) is 2.47. The van der Waals surface area contributed by atoms with E-state index in [9.17, 15) is 8.42 Å². The summed E-state index contributed by atoms with van der Waals surface area (Å²) in [7, 11) is -3.50. The summed E-state index contributed by atoms with van der Waals surface area (Å²) >= 11 is 0. The molecule has 0 spiro atoms. The lowest BCUT2D eigenvalue weighted by molar-refractivity contribution is 0.0774. The van der Waals surface area contributed by atoms with E-state index >= 15 is 0 Å². The number of ether oxygens (including phenoxy) is 1. The molecule has 1 saturated heterocycles. The molecule has 21 heavy (non-hydrogen) atoms. The zero-order valence-corrected chi connectivity index (χ0v) is 13.5. The molecule has 0 radical (unpaired) electrons. The van der Waals surface area contributed by atoms with Gasteiger partial charge in [-0.1, -0.05) is 19.1 Å². The first-order valence-electron chi connectivity index (χ1n) is 7.43. The van der Waals surface area contributed by atoms with Crippen LogP contribution in [0.1, 0.15) is 30.9 Å². The molecule has 6 heteroatoms. The molecule has 2 N–H and O–H groups in total. The highest BCUT2D eigenvalue weighted by Crippen LogP contribution is 2.19. The largest absolute Gasteiger partial charge is 0.380 e. The molecule has 1 aliphatic rings. The number of hydrogen-bond acceptors (Lipinski definition) is 4. The van der Waals surface area contributed by atoms with Crippen LogP contribution in [0.25, 0.3) is 0 Å². The minimum absolute atomic E-state index is 0.124. The molecule has 5 nitrogen and oxygen atoms in total. The van der Waals surface area contributed by atoms with Crippen LogP contribution in [-0.2, 0) is 21.3 Å². The van der Waals surface area contributed by atoms with Crippen LogP contribution in [0.15, 0.2) is 23.1 Å². The molecule has 2 rings (SSSR count). The van der Waals surface area contributed by atoms with Crippen molar-refractivity contribution < 1.29 is 13.2 Å². The minimum Gasteiger partial charge on any atom is -0.380 e. The van der Waals surface area contributed by atoms with Crippen molar-refractivity contribution in [3.8, 4) is 0 Å². The molecular weight excluding hydrogens is 288 g/mol. The second kappa shape index (κ2) is 7.35. The van der Waals surface area contributed by atoms with E-state index in [1.807, 2.05) is 26.0 Å². The summed E-state index contributed by atoms with van der Waals surface area (Å²) in [4.78, 5) is 0.364. The van der Waals surface area contributed by atoms with Gasteiger partial charge in [-0.15, -0.1) is 0 Å². The molecule has 1 aliphatic heterocycles. The standard InChI is InChI=1S/C15H24N2O3S/c1-3-16-10-13-7-6-12(2)15(9-13)21(18,19)17-14-5-4-8-20-11-14/h6-7,9,14,16-17H,3-5,8,10-11H2,1-2H3. The summed E-state index contributed by atoms with van der Waals surface area (Å²) in [5.41, 5.74) is 1.74. The van der Waals surface area contributed by atoms with Gasteiger partial charge < -0.3 is 10.1 Å². The van der Waals surface area contributed by atoms with Crippen LogP contribution in [0.2, 0.25) is 0 Å². The lowest BCUT2D eigenvalue weighted by Gasteiger charge is -2.23. The first-order valence-corrected chi connectivity index (χ1v) is 8.91. The highest BCUT2D eigenvalue weighted by molar-refractivity contribution is 7.89. The highest BCUT2D eigenvalue weighted by atomic mass is 32.2. The fourth-order valence-corrected chi connectivity index (χ4v) is 3.98. The monoisotopic (exact) mass is 312 g/mol. The van der Waals surface area contributed by atoms with Gasteiger partial charge in [-0.2, -0.15) is 0 Å². The quantitative estimate of drug-likeness (QED) is 0.836. The van der Waals surface area contributed by atoms with E-state index in [2.05, 4.69) is 10.0 Å². The Morgan fingerprint density at radius 3 is 2.86 bits per heavy atom. The molecule has 1 fully saturated rings. The fraction of sp³-hybridized carbons (Fsp3) is 0.600. The molecule has 0 saturated carbocycles. The zero-order valence-electron chi connectivity index (χ0n) is 12.7. The zero-order chi connectivity index (χ0) is 15.3. The van der Waals surface area contributed by atoms with Crippen molar-refractivity contribution in [3.05, 3.63) is 29.3 Å². The van der Waals surface area contributed by atoms with Crippen molar-refractivity contribution in [1.29, 1.82) is 0 Å². The number of rotatable bonds is 6. The normalized spacial score (nSPS) is 19.6. The first-order chi connectivity index (χ1) is 10.0. The van der Waals surface area contributed by atoms with Crippen LogP contribution in [-0.4, -0.2) is 34.2 Å². The Morgan fingerprint density at radius 2 is 2.19 bits per heavy atom. The Balaban J connectivity index is 2.17. The third-order valence-corrected chi connectivity index (χ3v) is 5.27. The van der Waals surface area contributed by atoms with E-state index in [0.29, 0.717) is 18.0 Å². The van der Waals surface area contributed by atoms with E-state index in [1.165, 1.54) is 0 Å². The number of nitrogens with one attached hydrogen (secondary N) is 2. The van der Waals surface area contributed by atoms with Crippen molar-refractivity contribution in [3.63, 3.8) is 0 Å². The van der Waals surface area contributed by atoms with Crippen molar-refractivity contribution in [2.45, 2.75) is 44.2 Å². The Bertz CT molecular complexity index is 566. The predicted octanol–water partition coefficient (Wildman–Crippen LogP) is 1.56. The lowest BCUT2D eigenvalue weighted by Crippen LogP contribution is -2.40. The van der Waals surface area contributed by atoms with E-state index in [4.69, 9.17) is 4.74 Å². The van der Waals surface area contributed by atoms with Gasteiger partial charge in [-0.05, 0) is 43.5 Å². The highest BCUT2D eigenvalue weighted by Gasteiger charge is 2.23. The number of hydrogen-bond donors (Lipinski definition) is 2. The summed E-state index contributed by atoms with van der Waals surface area (Å²) < 4.78 is 33.2. The predicted molar refractivity (Wildman–Crippen MR) is 82.7 cm³/mol. The smallest absolute Gasteiger partial charge is 0.241 e. The van der Waals surface area contributed by atoms with Gasteiger partial charge in [-0.3, -0.25) is 0 Å². The van der Waals surface area contributed by atoms with E-state index < -0.39 is 10.0 Å². The van der Waals surface area contributed by atoms with Gasteiger partial charge in [-0.25, -0.2) is 13.1 Å². The van der Waals surface area contributed by atoms with Crippen molar-refractivity contribution in [1.82, 2.24) is 10.0 Å². The third-order valence-electron chi connectivity index (χ3n) is 3.60. The molecule has 0 aliphatic carbocycles. The summed E-state index contributed by atoms with van der Waals surface area (Å²) in [6, 6.07) is 5.45. The van der Waals surface area contributed by atoms with Gasteiger partial charge in [0.05, 0.1) is 11.5 Å². The molecule has 0 amide bonds.